The fraction of sp³-hybridized carbons (Fsp3) is 0.781. The molecule has 0 unspecified atom stereocenters. The van der Waals surface area contributed by atoms with Gasteiger partial charge in [-0.15, -0.1) is 0 Å². The Morgan fingerprint density at radius 3 is 2.42 bits per heavy atom. The average Bonchev–Trinajstić information content (AvgIpc) is 3.21. The van der Waals surface area contributed by atoms with Crippen molar-refractivity contribution in [2.45, 2.75) is 104 Å². The molecule has 0 aromatic heterocycles. The number of hydrogen-bond acceptors (Lipinski definition) is 3. The number of benzene rings is 1. The molecule has 4 aliphatic rings. The molecule has 200 valence electrons. The molecule has 4 nitrogen and oxygen atoms in total. The molecule has 4 fully saturated rings. The molecule has 0 radical (unpaired) electrons. The van der Waals surface area contributed by atoms with Gasteiger partial charge < -0.3 is 14.7 Å². The Morgan fingerprint density at radius 2 is 1.69 bits per heavy atom. The van der Waals surface area contributed by atoms with E-state index in [1.807, 2.05) is 0 Å². The molecule has 0 heterocycles. The third-order valence-corrected chi connectivity index (χ3v) is 11.6. The summed E-state index contributed by atoms with van der Waals surface area (Å²) in [6.45, 7) is 7.24. The van der Waals surface area contributed by atoms with Crippen LogP contribution in [-0.2, 0) is 11.2 Å². The van der Waals surface area contributed by atoms with Gasteiger partial charge in [0, 0.05) is 14.1 Å². The lowest BCUT2D eigenvalue weighted by Crippen LogP contribution is -2.54. The average molecular weight is 496 g/mol. The predicted octanol–water partition coefficient (Wildman–Crippen LogP) is 7.01. The monoisotopic (exact) mass is 495 g/mol. The van der Waals surface area contributed by atoms with E-state index in [0.29, 0.717) is 17.3 Å². The van der Waals surface area contributed by atoms with Crippen LogP contribution in [0.3, 0.4) is 0 Å². The predicted molar refractivity (Wildman–Crippen MR) is 145 cm³/mol. The number of aliphatic hydroxyl groups is 1. The number of fused-ring (bicyclic) bond motifs is 5. The molecule has 1 N–H and O–H groups in total. The lowest BCUT2D eigenvalue weighted by atomic mass is 9.44. The number of aryl methyl sites for hydroxylation is 2. The third-order valence-electron chi connectivity index (χ3n) is 11.6. The van der Waals surface area contributed by atoms with Gasteiger partial charge in [-0.1, -0.05) is 43.7 Å². The molecular formula is C32H49NO3. The van der Waals surface area contributed by atoms with Crippen LogP contribution in [0.4, 0.5) is 4.79 Å². The largest absolute Gasteiger partial charge is 0.446 e. The topological polar surface area (TPSA) is 49.8 Å². The summed E-state index contributed by atoms with van der Waals surface area (Å²) in [6.07, 6.45) is 12.5. The molecule has 4 saturated carbocycles. The number of carbonyl (C=O) groups excluding carboxylic acids is 1. The zero-order chi connectivity index (χ0) is 25.7. The van der Waals surface area contributed by atoms with Gasteiger partial charge in [-0.2, -0.15) is 0 Å². The van der Waals surface area contributed by atoms with Crippen LogP contribution in [0.25, 0.3) is 0 Å². The highest BCUT2D eigenvalue weighted by atomic mass is 16.6. The summed E-state index contributed by atoms with van der Waals surface area (Å²) >= 11 is 0. The van der Waals surface area contributed by atoms with Gasteiger partial charge >= 0.3 is 6.09 Å². The van der Waals surface area contributed by atoms with E-state index in [4.69, 9.17) is 4.74 Å². The Hall–Kier alpha value is -1.55. The second kappa shape index (κ2) is 9.97. The van der Waals surface area contributed by atoms with Crippen molar-refractivity contribution in [3.63, 3.8) is 0 Å². The molecule has 1 amide bonds. The number of ether oxygens (including phenoxy) is 1. The standard InChI is InChI=1S/C32H49NO3/c1-21-6-8-22(9-7-21)10-15-29(34)28-14-13-26-25-12-11-23-20-24(36-30(35)33(4)5)16-18-31(23,2)27(25)17-19-32(26,28)3/h6-9,23-29,34H,10-20H2,1-5H3/t23-,24-,25-,26-,27-,28+,29+,31-,32-/m0/s1. The number of carbonyl (C=O) groups is 1. The van der Waals surface area contributed by atoms with E-state index in [0.717, 1.165) is 43.4 Å². The highest BCUT2D eigenvalue weighted by Gasteiger charge is 2.61. The van der Waals surface area contributed by atoms with E-state index in [1.165, 1.54) is 56.1 Å². The zero-order valence-electron chi connectivity index (χ0n) is 23.3. The van der Waals surface area contributed by atoms with Crippen molar-refractivity contribution in [2.75, 3.05) is 14.1 Å². The summed E-state index contributed by atoms with van der Waals surface area (Å²) < 4.78 is 5.83. The van der Waals surface area contributed by atoms with Crippen molar-refractivity contribution < 1.29 is 14.6 Å². The number of aliphatic hydroxyl groups excluding tert-OH is 1. The molecular weight excluding hydrogens is 446 g/mol. The first-order valence-electron chi connectivity index (χ1n) is 14.7. The fourth-order valence-corrected chi connectivity index (χ4v) is 9.52. The van der Waals surface area contributed by atoms with Crippen LogP contribution >= 0.6 is 0 Å². The van der Waals surface area contributed by atoms with E-state index >= 15 is 0 Å². The number of rotatable bonds is 5. The smallest absolute Gasteiger partial charge is 0.409 e. The molecule has 4 aliphatic carbocycles. The molecule has 1 aromatic rings. The SMILES string of the molecule is Cc1ccc(CC[C@@H](O)[C@H]2CC[C@H]3[C@@H]4CC[C@H]5C[C@@H](OC(=O)N(C)C)CC[C@]5(C)[C@H]4CC[C@]23C)cc1. The summed E-state index contributed by atoms with van der Waals surface area (Å²) in [5.41, 5.74) is 3.32. The van der Waals surface area contributed by atoms with Gasteiger partial charge in [-0.3, -0.25) is 0 Å². The minimum Gasteiger partial charge on any atom is -0.446 e. The second-order valence-electron chi connectivity index (χ2n) is 13.7. The van der Waals surface area contributed by atoms with Gasteiger partial charge in [0.1, 0.15) is 6.10 Å². The summed E-state index contributed by atoms with van der Waals surface area (Å²) in [5.74, 6) is 3.48. The summed E-state index contributed by atoms with van der Waals surface area (Å²) in [7, 11) is 3.54. The van der Waals surface area contributed by atoms with Gasteiger partial charge in [0.25, 0.3) is 0 Å². The van der Waals surface area contributed by atoms with Crippen LogP contribution < -0.4 is 0 Å². The van der Waals surface area contributed by atoms with Crippen LogP contribution in [0.5, 0.6) is 0 Å². The second-order valence-corrected chi connectivity index (χ2v) is 13.7. The lowest BCUT2D eigenvalue weighted by molar-refractivity contribution is -0.134. The molecule has 0 aliphatic heterocycles. The third kappa shape index (κ3) is 4.61. The first-order valence-corrected chi connectivity index (χ1v) is 14.7. The molecule has 9 atom stereocenters. The Morgan fingerprint density at radius 1 is 1.00 bits per heavy atom. The van der Waals surface area contributed by atoms with Crippen molar-refractivity contribution in [3.8, 4) is 0 Å². The molecule has 0 bridgehead atoms. The van der Waals surface area contributed by atoms with Crippen LogP contribution in [0, 0.1) is 47.3 Å². The van der Waals surface area contributed by atoms with Crippen molar-refractivity contribution in [1.82, 2.24) is 4.90 Å². The van der Waals surface area contributed by atoms with E-state index in [-0.39, 0.29) is 23.7 Å². The fourth-order valence-electron chi connectivity index (χ4n) is 9.52. The van der Waals surface area contributed by atoms with E-state index in [1.54, 1.807) is 19.0 Å². The van der Waals surface area contributed by atoms with E-state index < -0.39 is 0 Å². The minimum absolute atomic E-state index is 0.0860. The quantitative estimate of drug-likeness (QED) is 0.478. The van der Waals surface area contributed by atoms with Crippen molar-refractivity contribution >= 4 is 6.09 Å². The number of nitrogens with zero attached hydrogens (tertiary/aromatic N) is 1. The maximum Gasteiger partial charge on any atom is 0.409 e. The van der Waals surface area contributed by atoms with Crippen LogP contribution in [0.2, 0.25) is 0 Å². The lowest BCUT2D eigenvalue weighted by Gasteiger charge is -2.61. The summed E-state index contributed by atoms with van der Waals surface area (Å²) in [5, 5.41) is 11.4. The molecule has 0 spiro atoms. The summed E-state index contributed by atoms with van der Waals surface area (Å²) in [4.78, 5) is 13.7. The highest BCUT2D eigenvalue weighted by Crippen LogP contribution is 2.68. The molecule has 4 heteroatoms. The van der Waals surface area contributed by atoms with Crippen LogP contribution in [-0.4, -0.2) is 42.4 Å². The molecule has 5 rings (SSSR count). The maximum absolute atomic E-state index is 12.1. The Labute approximate surface area is 219 Å². The normalized spacial score (nSPS) is 40.5. The van der Waals surface area contributed by atoms with E-state index in [2.05, 4.69) is 45.0 Å². The van der Waals surface area contributed by atoms with Crippen molar-refractivity contribution in [1.29, 1.82) is 0 Å². The molecule has 1 aromatic carbocycles. The first kappa shape index (κ1) is 26.1. The maximum atomic E-state index is 12.1. The number of amides is 1. The van der Waals surface area contributed by atoms with Gasteiger partial charge in [0.05, 0.1) is 6.10 Å². The van der Waals surface area contributed by atoms with Gasteiger partial charge in [-0.25, -0.2) is 4.79 Å². The molecule has 0 saturated heterocycles. The van der Waals surface area contributed by atoms with Crippen molar-refractivity contribution in [2.24, 2.45) is 40.4 Å². The number of hydrogen-bond donors (Lipinski definition) is 1. The van der Waals surface area contributed by atoms with Gasteiger partial charge in [0.2, 0.25) is 0 Å². The van der Waals surface area contributed by atoms with Crippen LogP contribution in [0.15, 0.2) is 24.3 Å². The van der Waals surface area contributed by atoms with E-state index in [9.17, 15) is 9.90 Å². The minimum atomic E-state index is -0.191. The molecule has 36 heavy (non-hydrogen) atoms. The highest BCUT2D eigenvalue weighted by molar-refractivity contribution is 5.67. The summed E-state index contributed by atoms with van der Waals surface area (Å²) in [6, 6.07) is 8.82. The Balaban J connectivity index is 1.23. The van der Waals surface area contributed by atoms with Crippen LogP contribution in [0.1, 0.15) is 89.2 Å². The van der Waals surface area contributed by atoms with Gasteiger partial charge in [-0.05, 0) is 124 Å². The zero-order valence-corrected chi connectivity index (χ0v) is 23.3. The Bertz CT molecular complexity index is 928. The Kier molecular flexibility index (Phi) is 7.22. The van der Waals surface area contributed by atoms with Crippen molar-refractivity contribution in [3.05, 3.63) is 35.4 Å². The van der Waals surface area contributed by atoms with Gasteiger partial charge in [0.15, 0.2) is 0 Å². The first-order chi connectivity index (χ1) is 17.1.